The molecule has 0 aliphatic rings. The number of hydrogen-bond donors (Lipinski definition) is 0. The van der Waals surface area contributed by atoms with Gasteiger partial charge >= 0.3 is 0 Å². The van der Waals surface area contributed by atoms with E-state index in [2.05, 4.69) is 4.98 Å². The smallest absolute Gasteiger partial charge is 0.270 e. The first-order chi connectivity index (χ1) is 8.63. The van der Waals surface area contributed by atoms with Gasteiger partial charge in [-0.15, -0.1) is 0 Å². The van der Waals surface area contributed by atoms with E-state index in [1.54, 1.807) is 0 Å². The van der Waals surface area contributed by atoms with Crippen molar-refractivity contribution in [2.45, 2.75) is 26.3 Å². The van der Waals surface area contributed by atoms with Gasteiger partial charge in [0.2, 0.25) is 0 Å². The van der Waals surface area contributed by atoms with Crippen LogP contribution in [0.4, 0.5) is 5.69 Å². The molecule has 1 aromatic heterocycles. The average molecular weight is 247 g/mol. The molecule has 6 heteroatoms. The SMILES string of the molecule is CCCCn1cnc2ccc([N+](=O)[O-])cc2c1=O. The Morgan fingerprint density at radius 1 is 1.44 bits per heavy atom. The highest BCUT2D eigenvalue weighted by atomic mass is 16.6. The summed E-state index contributed by atoms with van der Waals surface area (Å²) in [6.45, 7) is 2.62. The third-order valence-electron chi connectivity index (χ3n) is 2.77. The van der Waals surface area contributed by atoms with Crippen LogP contribution in [0.25, 0.3) is 10.9 Å². The van der Waals surface area contributed by atoms with Gasteiger partial charge in [0.25, 0.3) is 11.2 Å². The van der Waals surface area contributed by atoms with Crippen LogP contribution in [0.2, 0.25) is 0 Å². The molecule has 0 N–H and O–H groups in total. The van der Waals surface area contributed by atoms with Crippen molar-refractivity contribution in [2.24, 2.45) is 0 Å². The van der Waals surface area contributed by atoms with Crippen molar-refractivity contribution in [1.82, 2.24) is 9.55 Å². The Labute approximate surface area is 103 Å². The molecule has 0 spiro atoms. The first-order valence-electron chi connectivity index (χ1n) is 5.77. The topological polar surface area (TPSA) is 78.0 Å². The number of hydrogen-bond acceptors (Lipinski definition) is 4. The van der Waals surface area contributed by atoms with E-state index in [4.69, 9.17) is 0 Å². The van der Waals surface area contributed by atoms with E-state index >= 15 is 0 Å². The van der Waals surface area contributed by atoms with E-state index in [0.29, 0.717) is 17.4 Å². The fraction of sp³-hybridized carbons (Fsp3) is 0.333. The van der Waals surface area contributed by atoms with Gasteiger partial charge in [0, 0.05) is 18.7 Å². The van der Waals surface area contributed by atoms with Crippen LogP contribution in [0.15, 0.2) is 29.3 Å². The molecule has 0 fully saturated rings. The summed E-state index contributed by atoms with van der Waals surface area (Å²) >= 11 is 0. The second-order valence-electron chi connectivity index (χ2n) is 4.06. The molecule has 18 heavy (non-hydrogen) atoms. The highest BCUT2D eigenvalue weighted by Crippen LogP contribution is 2.16. The molecule has 1 aromatic carbocycles. The number of fused-ring (bicyclic) bond motifs is 1. The number of nitrogens with zero attached hydrogens (tertiary/aromatic N) is 3. The van der Waals surface area contributed by atoms with Crippen molar-refractivity contribution in [3.8, 4) is 0 Å². The van der Waals surface area contributed by atoms with Crippen LogP contribution in [-0.4, -0.2) is 14.5 Å². The van der Waals surface area contributed by atoms with Gasteiger partial charge in [-0.3, -0.25) is 19.5 Å². The zero-order valence-corrected chi connectivity index (χ0v) is 10.00. The first-order valence-corrected chi connectivity index (χ1v) is 5.77. The van der Waals surface area contributed by atoms with Crippen LogP contribution >= 0.6 is 0 Å². The summed E-state index contributed by atoms with van der Waals surface area (Å²) in [4.78, 5) is 26.4. The van der Waals surface area contributed by atoms with E-state index in [1.807, 2.05) is 6.92 Å². The normalized spacial score (nSPS) is 10.7. The zero-order valence-electron chi connectivity index (χ0n) is 10.00. The maximum atomic E-state index is 12.1. The maximum absolute atomic E-state index is 12.1. The molecule has 94 valence electrons. The van der Waals surface area contributed by atoms with Crippen molar-refractivity contribution in [3.63, 3.8) is 0 Å². The van der Waals surface area contributed by atoms with E-state index in [1.165, 1.54) is 29.1 Å². The van der Waals surface area contributed by atoms with E-state index in [-0.39, 0.29) is 11.2 Å². The minimum absolute atomic E-state index is 0.0883. The fourth-order valence-corrected chi connectivity index (χ4v) is 1.75. The van der Waals surface area contributed by atoms with Crippen molar-refractivity contribution in [2.75, 3.05) is 0 Å². The van der Waals surface area contributed by atoms with E-state index < -0.39 is 4.92 Å². The van der Waals surface area contributed by atoms with Crippen LogP contribution in [0.1, 0.15) is 19.8 Å². The molecule has 0 saturated carbocycles. The molecule has 0 unspecified atom stereocenters. The highest BCUT2D eigenvalue weighted by Gasteiger charge is 2.10. The lowest BCUT2D eigenvalue weighted by Gasteiger charge is -2.05. The van der Waals surface area contributed by atoms with Crippen LogP contribution in [0, 0.1) is 10.1 Å². The summed E-state index contributed by atoms with van der Waals surface area (Å²) in [5.74, 6) is 0. The summed E-state index contributed by atoms with van der Waals surface area (Å²) < 4.78 is 1.50. The summed E-state index contributed by atoms with van der Waals surface area (Å²) in [7, 11) is 0. The summed E-state index contributed by atoms with van der Waals surface area (Å²) in [5, 5.41) is 11.0. The molecule has 6 nitrogen and oxygen atoms in total. The van der Waals surface area contributed by atoms with Crippen molar-refractivity contribution >= 4 is 16.6 Å². The Morgan fingerprint density at radius 2 is 2.22 bits per heavy atom. The quantitative estimate of drug-likeness (QED) is 0.612. The van der Waals surface area contributed by atoms with Gasteiger partial charge in [0.05, 0.1) is 22.2 Å². The molecule has 0 bridgehead atoms. The van der Waals surface area contributed by atoms with Crippen molar-refractivity contribution < 1.29 is 4.92 Å². The average Bonchev–Trinajstić information content (AvgIpc) is 2.37. The third-order valence-corrected chi connectivity index (χ3v) is 2.77. The van der Waals surface area contributed by atoms with Gasteiger partial charge < -0.3 is 0 Å². The fourth-order valence-electron chi connectivity index (χ4n) is 1.75. The Bertz CT molecular complexity index is 649. The number of unbranched alkanes of at least 4 members (excludes halogenated alkanes) is 1. The molecule has 0 aliphatic carbocycles. The minimum Gasteiger partial charge on any atom is -0.299 e. The van der Waals surface area contributed by atoms with Crippen LogP contribution in [0.5, 0.6) is 0 Å². The molecular weight excluding hydrogens is 234 g/mol. The minimum atomic E-state index is -0.512. The number of benzene rings is 1. The second kappa shape index (κ2) is 4.95. The van der Waals surface area contributed by atoms with Gasteiger partial charge in [-0.25, -0.2) is 4.98 Å². The predicted molar refractivity (Wildman–Crippen MR) is 67.6 cm³/mol. The lowest BCUT2D eigenvalue weighted by Crippen LogP contribution is -2.20. The number of aromatic nitrogens is 2. The van der Waals surface area contributed by atoms with Crippen molar-refractivity contribution in [3.05, 3.63) is 45.0 Å². The Morgan fingerprint density at radius 3 is 2.89 bits per heavy atom. The van der Waals surface area contributed by atoms with E-state index in [9.17, 15) is 14.9 Å². The maximum Gasteiger partial charge on any atom is 0.270 e. The van der Waals surface area contributed by atoms with Crippen LogP contribution < -0.4 is 5.56 Å². The second-order valence-corrected chi connectivity index (χ2v) is 4.06. The van der Waals surface area contributed by atoms with E-state index in [0.717, 1.165) is 12.8 Å². The Hall–Kier alpha value is -2.24. The Balaban J connectivity index is 2.57. The zero-order chi connectivity index (χ0) is 13.1. The standard InChI is InChI=1S/C12H13N3O3/c1-2-3-6-14-8-13-11-5-4-9(15(17)18)7-10(11)12(14)16/h4-5,7-8H,2-3,6H2,1H3. The number of nitro benzene ring substituents is 1. The summed E-state index contributed by atoms with van der Waals surface area (Å²) in [5.41, 5.74) is 0.171. The number of nitro groups is 1. The lowest BCUT2D eigenvalue weighted by molar-refractivity contribution is -0.384. The summed E-state index contributed by atoms with van der Waals surface area (Å²) in [6, 6.07) is 4.14. The molecule has 0 amide bonds. The van der Waals surface area contributed by atoms with Crippen LogP contribution in [0.3, 0.4) is 0 Å². The molecule has 2 aromatic rings. The monoisotopic (exact) mass is 247 g/mol. The van der Waals surface area contributed by atoms with Gasteiger partial charge in [-0.1, -0.05) is 13.3 Å². The van der Waals surface area contributed by atoms with Gasteiger partial charge in [0.15, 0.2) is 0 Å². The molecule has 0 aliphatic heterocycles. The number of rotatable bonds is 4. The molecular formula is C12H13N3O3. The summed E-state index contributed by atoms with van der Waals surface area (Å²) in [6.07, 6.45) is 3.34. The molecule has 1 heterocycles. The lowest BCUT2D eigenvalue weighted by atomic mass is 10.2. The largest absolute Gasteiger partial charge is 0.299 e. The van der Waals surface area contributed by atoms with Crippen LogP contribution in [-0.2, 0) is 6.54 Å². The highest BCUT2D eigenvalue weighted by molar-refractivity contribution is 5.79. The van der Waals surface area contributed by atoms with Gasteiger partial charge in [-0.2, -0.15) is 0 Å². The molecule has 0 saturated heterocycles. The third kappa shape index (κ3) is 2.22. The first kappa shape index (κ1) is 12.2. The van der Waals surface area contributed by atoms with Crippen molar-refractivity contribution in [1.29, 1.82) is 0 Å². The van der Waals surface area contributed by atoms with Gasteiger partial charge in [0.1, 0.15) is 0 Å². The Kier molecular flexibility index (Phi) is 3.36. The number of aryl methyl sites for hydroxylation is 1. The molecule has 0 radical (unpaired) electrons. The molecule has 2 rings (SSSR count). The number of non-ortho nitro benzene ring substituents is 1. The van der Waals surface area contributed by atoms with Gasteiger partial charge in [-0.05, 0) is 12.5 Å². The predicted octanol–water partition coefficient (Wildman–Crippen LogP) is 2.10. The molecule has 0 atom stereocenters.